The van der Waals surface area contributed by atoms with Gasteiger partial charge in [0.15, 0.2) is 0 Å². The first-order valence-corrected chi connectivity index (χ1v) is 3.49. The summed E-state index contributed by atoms with van der Waals surface area (Å²) in [6.07, 6.45) is 3.36. The van der Waals surface area contributed by atoms with Crippen molar-refractivity contribution >= 4 is 15.9 Å². The van der Waals surface area contributed by atoms with Gasteiger partial charge < -0.3 is 0 Å². The first-order chi connectivity index (χ1) is 3.31. The minimum Gasteiger partial charge on any atom is -0.0748 e. The highest BCUT2D eigenvalue weighted by Gasteiger charge is 1.86. The molecule has 0 aromatic heterocycles. The Bertz CT molecular complexity index is 57.2. The molecule has 0 radical (unpaired) electrons. The average Bonchev–Trinajstić information content (AvgIpc) is 1.68. The fourth-order valence-electron chi connectivity index (χ4n) is 0.260. The van der Waals surface area contributed by atoms with Crippen LogP contribution in [0.4, 0.5) is 0 Å². The van der Waals surface area contributed by atoms with Gasteiger partial charge in [0.25, 0.3) is 0 Å². The van der Waals surface area contributed by atoms with E-state index in [4.69, 9.17) is 0 Å². The maximum Gasteiger partial charge on any atom is -0.0226 e. The average molecular weight is 163 g/mol. The molecule has 1 atom stereocenters. The van der Waals surface area contributed by atoms with E-state index >= 15 is 0 Å². The Morgan fingerprint density at radius 3 is 2.43 bits per heavy atom. The van der Waals surface area contributed by atoms with Gasteiger partial charge in [-0.05, 0) is 10.9 Å². The Morgan fingerprint density at radius 1 is 1.71 bits per heavy atom. The van der Waals surface area contributed by atoms with Crippen LogP contribution >= 0.6 is 15.9 Å². The third kappa shape index (κ3) is 4.07. The highest BCUT2D eigenvalue weighted by molar-refractivity contribution is 9.11. The standard InChI is InChI=1S/C6H11Br/c1-3-6(2)4-5-7/h4-6H,3H2,1-2H3/b5-4+. The van der Waals surface area contributed by atoms with E-state index in [1.165, 1.54) is 6.42 Å². The molecule has 0 rings (SSSR count). The van der Waals surface area contributed by atoms with Gasteiger partial charge in [-0.25, -0.2) is 0 Å². The molecule has 0 amide bonds. The van der Waals surface area contributed by atoms with E-state index in [9.17, 15) is 0 Å². The number of allylic oxidation sites excluding steroid dienone is 1. The van der Waals surface area contributed by atoms with Crippen LogP contribution in [0.5, 0.6) is 0 Å². The van der Waals surface area contributed by atoms with Crippen LogP contribution in [0.25, 0.3) is 0 Å². The normalized spacial score (nSPS) is 15.3. The first-order valence-electron chi connectivity index (χ1n) is 2.58. The SMILES string of the molecule is CCC(C)/C=C/Br. The zero-order valence-electron chi connectivity index (χ0n) is 4.82. The van der Waals surface area contributed by atoms with Crippen molar-refractivity contribution in [1.82, 2.24) is 0 Å². The molecule has 0 fully saturated rings. The van der Waals surface area contributed by atoms with E-state index in [1.807, 2.05) is 4.99 Å². The van der Waals surface area contributed by atoms with E-state index in [2.05, 4.69) is 35.9 Å². The highest BCUT2D eigenvalue weighted by atomic mass is 79.9. The lowest BCUT2D eigenvalue weighted by Crippen LogP contribution is -1.81. The van der Waals surface area contributed by atoms with Crippen LogP contribution in [0, 0.1) is 5.92 Å². The predicted octanol–water partition coefficient (Wildman–Crippen LogP) is 2.94. The van der Waals surface area contributed by atoms with Crippen LogP contribution in [0.3, 0.4) is 0 Å². The molecular weight excluding hydrogens is 152 g/mol. The van der Waals surface area contributed by atoms with E-state index in [-0.39, 0.29) is 0 Å². The quantitative estimate of drug-likeness (QED) is 0.587. The molecule has 0 aliphatic heterocycles. The van der Waals surface area contributed by atoms with Crippen LogP contribution in [0.1, 0.15) is 20.3 Å². The molecule has 0 aromatic rings. The Labute approximate surface area is 53.7 Å². The Balaban J connectivity index is 3.16. The summed E-state index contributed by atoms with van der Waals surface area (Å²) in [6.45, 7) is 4.37. The van der Waals surface area contributed by atoms with Gasteiger partial charge in [0.1, 0.15) is 0 Å². The third-order valence-electron chi connectivity index (χ3n) is 1.05. The molecular formula is C6H11Br. The lowest BCUT2D eigenvalue weighted by molar-refractivity contribution is 0.699. The smallest absolute Gasteiger partial charge is 0.0226 e. The van der Waals surface area contributed by atoms with Gasteiger partial charge in [-0.15, -0.1) is 0 Å². The summed E-state index contributed by atoms with van der Waals surface area (Å²) in [4.78, 5) is 1.92. The second-order valence-electron chi connectivity index (χ2n) is 1.70. The molecule has 0 aromatic carbocycles. The second-order valence-corrected chi connectivity index (χ2v) is 2.23. The van der Waals surface area contributed by atoms with Crippen LogP contribution in [-0.4, -0.2) is 0 Å². The number of hydrogen-bond donors (Lipinski definition) is 0. The lowest BCUT2D eigenvalue weighted by atomic mass is 10.1. The first kappa shape index (κ1) is 7.22. The Kier molecular flexibility index (Phi) is 4.52. The summed E-state index contributed by atoms with van der Waals surface area (Å²) in [6, 6.07) is 0. The molecule has 7 heavy (non-hydrogen) atoms. The minimum absolute atomic E-state index is 0.722. The Morgan fingerprint density at radius 2 is 2.29 bits per heavy atom. The molecule has 0 N–H and O–H groups in total. The summed E-state index contributed by atoms with van der Waals surface area (Å²) >= 11 is 3.21. The van der Waals surface area contributed by atoms with E-state index in [0.717, 1.165) is 5.92 Å². The van der Waals surface area contributed by atoms with E-state index in [0.29, 0.717) is 0 Å². The summed E-state index contributed by atoms with van der Waals surface area (Å²) in [5.41, 5.74) is 0. The van der Waals surface area contributed by atoms with Gasteiger partial charge in [-0.3, -0.25) is 0 Å². The fourth-order valence-corrected chi connectivity index (χ4v) is 0.781. The van der Waals surface area contributed by atoms with Crippen molar-refractivity contribution in [3.63, 3.8) is 0 Å². The molecule has 0 aliphatic rings. The number of halogens is 1. The van der Waals surface area contributed by atoms with Crippen LogP contribution < -0.4 is 0 Å². The van der Waals surface area contributed by atoms with Crippen LogP contribution in [-0.2, 0) is 0 Å². The highest BCUT2D eigenvalue weighted by Crippen LogP contribution is 2.02. The molecule has 42 valence electrons. The van der Waals surface area contributed by atoms with Crippen molar-refractivity contribution in [3.8, 4) is 0 Å². The second kappa shape index (κ2) is 4.38. The molecule has 0 saturated heterocycles. The number of hydrogen-bond acceptors (Lipinski definition) is 0. The summed E-state index contributed by atoms with van der Waals surface area (Å²) < 4.78 is 0. The van der Waals surface area contributed by atoms with Crippen molar-refractivity contribution in [2.24, 2.45) is 5.92 Å². The van der Waals surface area contributed by atoms with Gasteiger partial charge in [-0.2, -0.15) is 0 Å². The van der Waals surface area contributed by atoms with Crippen molar-refractivity contribution in [1.29, 1.82) is 0 Å². The molecule has 0 bridgehead atoms. The largest absolute Gasteiger partial charge is 0.0748 e. The molecule has 0 saturated carbocycles. The van der Waals surface area contributed by atoms with E-state index < -0.39 is 0 Å². The van der Waals surface area contributed by atoms with Gasteiger partial charge >= 0.3 is 0 Å². The zero-order valence-corrected chi connectivity index (χ0v) is 6.40. The van der Waals surface area contributed by atoms with Gasteiger partial charge in [0.2, 0.25) is 0 Å². The molecule has 0 nitrogen and oxygen atoms in total. The third-order valence-corrected chi connectivity index (χ3v) is 1.35. The maximum absolute atomic E-state index is 3.21. The van der Waals surface area contributed by atoms with Crippen molar-refractivity contribution in [2.45, 2.75) is 20.3 Å². The maximum atomic E-state index is 3.21. The molecule has 1 heteroatoms. The predicted molar refractivity (Wildman–Crippen MR) is 37.5 cm³/mol. The minimum atomic E-state index is 0.722. The fraction of sp³-hybridized carbons (Fsp3) is 0.667. The van der Waals surface area contributed by atoms with Crippen molar-refractivity contribution in [3.05, 3.63) is 11.1 Å². The van der Waals surface area contributed by atoms with Gasteiger partial charge in [0.05, 0.1) is 0 Å². The van der Waals surface area contributed by atoms with Crippen LogP contribution in [0.15, 0.2) is 11.1 Å². The molecule has 0 aliphatic carbocycles. The topological polar surface area (TPSA) is 0 Å². The molecule has 0 heterocycles. The summed E-state index contributed by atoms with van der Waals surface area (Å²) in [5.74, 6) is 0.722. The van der Waals surface area contributed by atoms with E-state index in [1.54, 1.807) is 0 Å². The van der Waals surface area contributed by atoms with Gasteiger partial charge in [-0.1, -0.05) is 42.3 Å². The Hall–Kier alpha value is 0.220. The van der Waals surface area contributed by atoms with Crippen molar-refractivity contribution in [2.75, 3.05) is 0 Å². The molecule has 0 spiro atoms. The number of rotatable bonds is 2. The lowest BCUT2D eigenvalue weighted by Gasteiger charge is -1.95. The summed E-state index contributed by atoms with van der Waals surface area (Å²) in [7, 11) is 0. The molecule has 1 unspecified atom stereocenters. The van der Waals surface area contributed by atoms with Crippen LogP contribution in [0.2, 0.25) is 0 Å². The van der Waals surface area contributed by atoms with Gasteiger partial charge in [0, 0.05) is 0 Å². The monoisotopic (exact) mass is 162 g/mol. The van der Waals surface area contributed by atoms with Crippen molar-refractivity contribution < 1.29 is 0 Å². The summed E-state index contributed by atoms with van der Waals surface area (Å²) in [5, 5.41) is 0. The zero-order chi connectivity index (χ0) is 5.70.